The molecule has 0 radical (unpaired) electrons. The second-order valence-corrected chi connectivity index (χ2v) is 5.65. The predicted octanol–water partition coefficient (Wildman–Crippen LogP) is 5.35. The summed E-state index contributed by atoms with van der Waals surface area (Å²) in [7, 11) is 0. The molecule has 0 saturated heterocycles. The molecule has 1 aromatic heterocycles. The lowest BCUT2D eigenvalue weighted by Crippen LogP contribution is -2.15. The van der Waals surface area contributed by atoms with E-state index in [1.54, 1.807) is 0 Å². The van der Waals surface area contributed by atoms with Crippen molar-refractivity contribution in [3.8, 4) is 11.3 Å². The molecule has 0 spiro atoms. The van der Waals surface area contributed by atoms with Gasteiger partial charge in [-0.1, -0.05) is 34.8 Å². The number of benzene rings is 1. The lowest BCUT2D eigenvalue weighted by Gasteiger charge is -2.17. The normalized spacial score (nSPS) is 11.6. The summed E-state index contributed by atoms with van der Waals surface area (Å²) in [6.45, 7) is 0. The SMILES string of the molecule is O=C(O)Cc1ccnc(-c2ccc(Cl)c(Cl)c2Cl)c1C(F)(F)F. The molecule has 0 amide bonds. The first kappa shape index (κ1) is 17.8. The summed E-state index contributed by atoms with van der Waals surface area (Å²) in [6, 6.07) is 3.54. The number of carboxylic acid groups (broad SMARTS) is 1. The fourth-order valence-electron chi connectivity index (χ4n) is 2.04. The Kier molecular flexibility index (Phi) is 5.08. The van der Waals surface area contributed by atoms with Crippen molar-refractivity contribution in [3.63, 3.8) is 0 Å². The molecule has 0 atom stereocenters. The van der Waals surface area contributed by atoms with E-state index >= 15 is 0 Å². The maximum absolute atomic E-state index is 13.4. The lowest BCUT2D eigenvalue weighted by molar-refractivity contribution is -0.139. The highest BCUT2D eigenvalue weighted by atomic mass is 35.5. The molecular formula is C14H7Cl3F3NO2. The summed E-state index contributed by atoms with van der Waals surface area (Å²) in [4.78, 5) is 14.5. The number of pyridine rings is 1. The number of rotatable bonds is 3. The fourth-order valence-corrected chi connectivity index (χ4v) is 2.67. The topological polar surface area (TPSA) is 50.2 Å². The van der Waals surface area contributed by atoms with Crippen molar-refractivity contribution < 1.29 is 23.1 Å². The van der Waals surface area contributed by atoms with Crippen molar-refractivity contribution in [3.05, 3.63) is 50.6 Å². The molecule has 2 aromatic rings. The van der Waals surface area contributed by atoms with Crippen molar-refractivity contribution in [1.29, 1.82) is 0 Å². The largest absolute Gasteiger partial charge is 0.481 e. The third-order valence-corrected chi connectivity index (χ3v) is 4.25. The number of aromatic nitrogens is 1. The third kappa shape index (κ3) is 3.71. The first-order valence-corrected chi connectivity index (χ1v) is 7.17. The van der Waals surface area contributed by atoms with Gasteiger partial charge in [-0.2, -0.15) is 13.2 Å². The van der Waals surface area contributed by atoms with Crippen LogP contribution in [0.3, 0.4) is 0 Å². The van der Waals surface area contributed by atoms with E-state index in [4.69, 9.17) is 39.9 Å². The molecule has 0 fully saturated rings. The van der Waals surface area contributed by atoms with Crippen LogP contribution >= 0.6 is 34.8 Å². The van der Waals surface area contributed by atoms with Crippen LogP contribution in [0.25, 0.3) is 11.3 Å². The molecule has 0 aliphatic carbocycles. The second kappa shape index (κ2) is 6.55. The molecule has 0 saturated carbocycles. The minimum Gasteiger partial charge on any atom is -0.481 e. The summed E-state index contributed by atoms with van der Waals surface area (Å²) in [5, 5.41) is 8.58. The van der Waals surface area contributed by atoms with Crippen LogP contribution in [0, 0.1) is 0 Å². The number of alkyl halides is 3. The molecule has 0 aliphatic heterocycles. The number of carboxylic acids is 1. The van der Waals surface area contributed by atoms with Crippen molar-refractivity contribution in [1.82, 2.24) is 4.98 Å². The van der Waals surface area contributed by atoms with E-state index in [-0.39, 0.29) is 20.6 Å². The van der Waals surface area contributed by atoms with Gasteiger partial charge in [0.25, 0.3) is 0 Å². The molecule has 1 heterocycles. The molecule has 23 heavy (non-hydrogen) atoms. The van der Waals surface area contributed by atoms with Crippen molar-refractivity contribution in [2.75, 3.05) is 0 Å². The first-order chi connectivity index (χ1) is 10.6. The highest BCUT2D eigenvalue weighted by molar-refractivity contribution is 6.49. The summed E-state index contributed by atoms with van der Waals surface area (Å²) >= 11 is 17.6. The standard InChI is InChI=1S/C14H7Cl3F3NO2/c15-8-2-1-7(11(16)12(8)17)13-10(14(18,19)20)6(3-4-21-13)5-9(22)23/h1-4H,5H2,(H,22,23). The number of nitrogens with zero attached hydrogens (tertiary/aromatic N) is 1. The van der Waals surface area contributed by atoms with Crippen LogP contribution in [0.2, 0.25) is 15.1 Å². The summed E-state index contributed by atoms with van der Waals surface area (Å²) < 4.78 is 40.3. The molecule has 3 nitrogen and oxygen atoms in total. The Morgan fingerprint density at radius 1 is 1.13 bits per heavy atom. The number of carbonyl (C=O) groups is 1. The van der Waals surface area contributed by atoms with Crippen LogP contribution in [0.1, 0.15) is 11.1 Å². The molecule has 2 rings (SSSR count). The second-order valence-electron chi connectivity index (χ2n) is 4.48. The van der Waals surface area contributed by atoms with Gasteiger partial charge in [-0.3, -0.25) is 9.78 Å². The van der Waals surface area contributed by atoms with E-state index in [0.717, 1.165) is 12.3 Å². The minimum atomic E-state index is -4.82. The number of hydrogen-bond donors (Lipinski definition) is 1. The van der Waals surface area contributed by atoms with E-state index in [9.17, 15) is 18.0 Å². The number of hydrogen-bond acceptors (Lipinski definition) is 2. The summed E-state index contributed by atoms with van der Waals surface area (Å²) in [5.41, 5.74) is -2.17. The van der Waals surface area contributed by atoms with E-state index in [1.165, 1.54) is 12.1 Å². The molecule has 1 N–H and O–H groups in total. The zero-order chi connectivity index (χ0) is 17.4. The average molecular weight is 385 g/mol. The quantitative estimate of drug-likeness (QED) is 0.725. The molecule has 1 aromatic carbocycles. The van der Waals surface area contributed by atoms with Gasteiger partial charge in [-0.15, -0.1) is 0 Å². The smallest absolute Gasteiger partial charge is 0.418 e. The molecule has 9 heteroatoms. The molecule has 122 valence electrons. The van der Waals surface area contributed by atoms with Crippen LogP contribution in [0.4, 0.5) is 13.2 Å². The van der Waals surface area contributed by atoms with Gasteiger partial charge in [-0.05, 0) is 23.8 Å². The Morgan fingerprint density at radius 3 is 2.35 bits per heavy atom. The van der Waals surface area contributed by atoms with Crippen LogP contribution in [-0.4, -0.2) is 16.1 Å². The Labute approximate surface area is 143 Å². The average Bonchev–Trinajstić information content (AvgIpc) is 2.43. The van der Waals surface area contributed by atoms with Gasteiger partial charge in [0.15, 0.2) is 0 Å². The van der Waals surface area contributed by atoms with Crippen molar-refractivity contribution in [2.45, 2.75) is 12.6 Å². The van der Waals surface area contributed by atoms with Gasteiger partial charge in [0.05, 0.1) is 32.7 Å². The summed E-state index contributed by atoms with van der Waals surface area (Å²) in [6.07, 6.45) is -4.53. The monoisotopic (exact) mass is 383 g/mol. The molecular weight excluding hydrogens is 378 g/mol. The Morgan fingerprint density at radius 2 is 1.78 bits per heavy atom. The number of halogens is 6. The predicted molar refractivity (Wildman–Crippen MR) is 81.0 cm³/mol. The van der Waals surface area contributed by atoms with Crippen LogP contribution in [0.5, 0.6) is 0 Å². The zero-order valence-corrected chi connectivity index (χ0v) is 13.4. The van der Waals surface area contributed by atoms with Gasteiger partial charge < -0.3 is 5.11 Å². The Bertz CT molecular complexity index is 779. The maximum atomic E-state index is 13.4. The van der Waals surface area contributed by atoms with Gasteiger partial charge in [0.2, 0.25) is 0 Å². The maximum Gasteiger partial charge on any atom is 0.418 e. The van der Waals surface area contributed by atoms with E-state index in [1.807, 2.05) is 0 Å². The first-order valence-electron chi connectivity index (χ1n) is 6.03. The lowest BCUT2D eigenvalue weighted by atomic mass is 9.98. The van der Waals surface area contributed by atoms with Crippen LogP contribution in [0.15, 0.2) is 24.4 Å². The number of aliphatic carboxylic acids is 1. The highest BCUT2D eigenvalue weighted by Gasteiger charge is 2.38. The van der Waals surface area contributed by atoms with Crippen LogP contribution < -0.4 is 0 Å². The van der Waals surface area contributed by atoms with E-state index < -0.39 is 35.4 Å². The Balaban J connectivity index is 2.78. The highest BCUT2D eigenvalue weighted by Crippen LogP contribution is 2.43. The van der Waals surface area contributed by atoms with Gasteiger partial charge >= 0.3 is 12.1 Å². The van der Waals surface area contributed by atoms with Gasteiger partial charge in [0, 0.05) is 11.8 Å². The van der Waals surface area contributed by atoms with Gasteiger partial charge in [0.1, 0.15) is 0 Å². The minimum absolute atomic E-state index is 0.0793. The summed E-state index contributed by atoms with van der Waals surface area (Å²) in [5.74, 6) is -1.40. The van der Waals surface area contributed by atoms with Crippen LogP contribution in [-0.2, 0) is 17.4 Å². The van der Waals surface area contributed by atoms with Crippen molar-refractivity contribution >= 4 is 40.8 Å². The fraction of sp³-hybridized carbons (Fsp3) is 0.143. The Hall–Kier alpha value is -1.50. The molecule has 0 aliphatic rings. The van der Waals surface area contributed by atoms with Crippen molar-refractivity contribution in [2.24, 2.45) is 0 Å². The van der Waals surface area contributed by atoms with Gasteiger partial charge in [-0.25, -0.2) is 0 Å². The third-order valence-electron chi connectivity index (χ3n) is 2.95. The van der Waals surface area contributed by atoms with E-state index in [2.05, 4.69) is 4.98 Å². The van der Waals surface area contributed by atoms with E-state index in [0.29, 0.717) is 0 Å². The molecule has 0 unspecified atom stereocenters. The zero-order valence-electron chi connectivity index (χ0n) is 11.1. The molecule has 0 bridgehead atoms.